The Morgan fingerprint density at radius 2 is 2.18 bits per heavy atom. The number of hydrogen-bond acceptors (Lipinski definition) is 5. The monoisotopic (exact) mass is 266 g/mol. The summed E-state index contributed by atoms with van der Waals surface area (Å²) in [5.41, 5.74) is 5.17. The van der Waals surface area contributed by atoms with Crippen LogP contribution in [0.4, 0.5) is 0 Å². The van der Waals surface area contributed by atoms with Gasteiger partial charge in [-0.25, -0.2) is 0 Å². The molecule has 0 saturated carbocycles. The van der Waals surface area contributed by atoms with E-state index in [2.05, 4.69) is 19.0 Å². The number of amidine groups is 1. The van der Waals surface area contributed by atoms with Gasteiger partial charge in [-0.2, -0.15) is 0 Å². The van der Waals surface area contributed by atoms with E-state index < -0.39 is 8.25 Å². The molecule has 0 aromatic carbocycles. The Kier molecular flexibility index (Phi) is 10.2. The second-order valence-electron chi connectivity index (χ2n) is 3.86. The van der Waals surface area contributed by atoms with Gasteiger partial charge in [0.2, 0.25) is 0 Å². The molecule has 0 fully saturated rings. The van der Waals surface area contributed by atoms with Crippen molar-refractivity contribution in [1.29, 1.82) is 0 Å². The first-order chi connectivity index (χ1) is 8.13. The van der Waals surface area contributed by atoms with E-state index in [0.29, 0.717) is 12.5 Å². The van der Waals surface area contributed by atoms with Gasteiger partial charge in [-0.15, -0.1) is 0 Å². The Hall–Kier alpha value is -0.580. The number of unbranched alkanes of at least 4 members (excludes halogenated alkanes) is 1. The van der Waals surface area contributed by atoms with Crippen molar-refractivity contribution in [3.8, 4) is 0 Å². The van der Waals surface area contributed by atoms with Crippen molar-refractivity contribution in [3.05, 3.63) is 0 Å². The maximum absolute atomic E-state index is 11.3. The van der Waals surface area contributed by atoms with E-state index in [1.165, 1.54) is 0 Å². The lowest BCUT2D eigenvalue weighted by molar-refractivity contribution is 0.198. The molecule has 0 saturated heterocycles. The van der Waals surface area contributed by atoms with Crippen LogP contribution in [0.3, 0.4) is 0 Å². The zero-order chi connectivity index (χ0) is 13.1. The van der Waals surface area contributed by atoms with E-state index in [0.717, 1.165) is 25.7 Å². The summed E-state index contributed by atoms with van der Waals surface area (Å²) in [6, 6.07) is 0. The summed E-state index contributed by atoms with van der Waals surface area (Å²) in [6.07, 6.45) is 4.36. The van der Waals surface area contributed by atoms with Crippen molar-refractivity contribution in [2.24, 2.45) is 16.8 Å². The van der Waals surface area contributed by atoms with Crippen LogP contribution < -0.4 is 5.73 Å². The van der Waals surface area contributed by atoms with Crippen LogP contribution in [0.15, 0.2) is 5.16 Å². The normalized spacial score (nSPS) is 15.8. The summed E-state index contributed by atoms with van der Waals surface area (Å²) in [4.78, 5) is 0. The SMILES string of the molecule is CCCCC(CC)CO[PH](=O)OCC(N)=NO. The molecule has 0 aliphatic carbocycles. The summed E-state index contributed by atoms with van der Waals surface area (Å²) in [5, 5.41) is 11.0. The summed E-state index contributed by atoms with van der Waals surface area (Å²) in [6.45, 7) is 4.47. The lowest BCUT2D eigenvalue weighted by atomic mass is 10.0. The Labute approximate surface area is 103 Å². The molecule has 0 bridgehead atoms. The van der Waals surface area contributed by atoms with Crippen molar-refractivity contribution in [2.45, 2.75) is 39.5 Å². The smallest absolute Gasteiger partial charge is 0.319 e. The fraction of sp³-hybridized carbons (Fsp3) is 0.900. The van der Waals surface area contributed by atoms with E-state index in [1.807, 2.05) is 0 Å². The van der Waals surface area contributed by atoms with Gasteiger partial charge in [-0.05, 0) is 12.3 Å². The summed E-state index contributed by atoms with van der Waals surface area (Å²) in [5.74, 6) is 0.293. The molecular weight excluding hydrogens is 243 g/mol. The van der Waals surface area contributed by atoms with Crippen LogP contribution in [0.25, 0.3) is 0 Å². The molecule has 0 rings (SSSR count). The largest absolute Gasteiger partial charge is 0.409 e. The molecule has 0 spiro atoms. The second kappa shape index (κ2) is 10.6. The zero-order valence-corrected chi connectivity index (χ0v) is 11.5. The number of nitrogens with two attached hydrogens (primary N) is 1. The average Bonchev–Trinajstić information content (AvgIpc) is 2.36. The highest BCUT2D eigenvalue weighted by atomic mass is 31.1. The van der Waals surface area contributed by atoms with Crippen LogP contribution in [-0.2, 0) is 13.6 Å². The molecule has 2 atom stereocenters. The van der Waals surface area contributed by atoms with Crippen LogP contribution in [0.1, 0.15) is 39.5 Å². The van der Waals surface area contributed by atoms with Gasteiger partial charge >= 0.3 is 8.25 Å². The van der Waals surface area contributed by atoms with Gasteiger partial charge in [0.05, 0.1) is 6.61 Å². The second-order valence-corrected chi connectivity index (χ2v) is 4.93. The van der Waals surface area contributed by atoms with Gasteiger partial charge in [-0.3, -0.25) is 4.57 Å². The molecule has 0 radical (unpaired) electrons. The molecule has 102 valence electrons. The lowest BCUT2D eigenvalue weighted by Gasteiger charge is -2.14. The molecule has 7 heteroatoms. The van der Waals surface area contributed by atoms with Crippen LogP contribution in [-0.4, -0.2) is 24.3 Å². The Bertz CT molecular complexity index is 248. The van der Waals surface area contributed by atoms with Gasteiger partial charge in [0.1, 0.15) is 6.61 Å². The minimum atomic E-state index is -2.55. The average molecular weight is 266 g/mol. The third-order valence-electron chi connectivity index (χ3n) is 2.45. The van der Waals surface area contributed by atoms with E-state index in [1.54, 1.807) is 0 Å². The highest BCUT2D eigenvalue weighted by Crippen LogP contribution is 2.26. The number of nitrogens with zero attached hydrogens (tertiary/aromatic N) is 1. The highest BCUT2D eigenvalue weighted by Gasteiger charge is 2.09. The minimum Gasteiger partial charge on any atom is -0.409 e. The molecule has 17 heavy (non-hydrogen) atoms. The van der Waals surface area contributed by atoms with Crippen molar-refractivity contribution in [3.63, 3.8) is 0 Å². The van der Waals surface area contributed by atoms with E-state index in [-0.39, 0.29) is 12.4 Å². The number of hydrogen-bond donors (Lipinski definition) is 2. The molecule has 0 aliphatic heterocycles. The van der Waals surface area contributed by atoms with Gasteiger partial charge in [0, 0.05) is 0 Å². The molecule has 0 amide bonds. The third-order valence-corrected chi connectivity index (χ3v) is 3.23. The Balaban J connectivity index is 3.73. The number of oxime groups is 1. The maximum Gasteiger partial charge on any atom is 0.319 e. The predicted molar refractivity (Wildman–Crippen MR) is 67.6 cm³/mol. The highest BCUT2D eigenvalue weighted by molar-refractivity contribution is 7.33. The van der Waals surface area contributed by atoms with Crippen molar-refractivity contribution in [1.82, 2.24) is 0 Å². The molecule has 6 nitrogen and oxygen atoms in total. The first-order valence-electron chi connectivity index (χ1n) is 5.89. The topological polar surface area (TPSA) is 94.1 Å². The third kappa shape index (κ3) is 9.15. The minimum absolute atomic E-state index is 0.120. The predicted octanol–water partition coefficient (Wildman–Crippen LogP) is 2.37. The van der Waals surface area contributed by atoms with Gasteiger partial charge in [-0.1, -0.05) is 38.3 Å². The molecule has 3 N–H and O–H groups in total. The standard InChI is InChI=1S/C10H23N2O4P/c1-3-5-6-9(4-2)7-15-17(14)16-8-10(11)12-13/h9,13,17H,3-8H2,1-2H3,(H2,11,12). The van der Waals surface area contributed by atoms with E-state index in [9.17, 15) is 4.57 Å². The summed E-state index contributed by atoms with van der Waals surface area (Å²) >= 11 is 0. The van der Waals surface area contributed by atoms with Crippen molar-refractivity contribution >= 4 is 14.1 Å². The van der Waals surface area contributed by atoms with Gasteiger partial charge in [0.25, 0.3) is 0 Å². The first kappa shape index (κ1) is 16.4. The summed E-state index contributed by atoms with van der Waals surface area (Å²) in [7, 11) is -2.55. The van der Waals surface area contributed by atoms with E-state index in [4.69, 9.17) is 20.0 Å². The fourth-order valence-corrected chi connectivity index (χ4v) is 2.01. The summed E-state index contributed by atoms with van der Waals surface area (Å²) < 4.78 is 21.2. The van der Waals surface area contributed by atoms with Crippen LogP contribution >= 0.6 is 8.25 Å². The maximum atomic E-state index is 11.3. The number of rotatable bonds is 10. The van der Waals surface area contributed by atoms with Crippen LogP contribution in [0.2, 0.25) is 0 Å². The Morgan fingerprint density at radius 1 is 1.47 bits per heavy atom. The fourth-order valence-electron chi connectivity index (χ4n) is 1.29. The van der Waals surface area contributed by atoms with Gasteiger partial charge < -0.3 is 20.0 Å². The molecule has 0 heterocycles. The lowest BCUT2D eigenvalue weighted by Crippen LogP contribution is -2.17. The molecular formula is C10H23N2O4P. The first-order valence-corrected chi connectivity index (χ1v) is 7.12. The van der Waals surface area contributed by atoms with Crippen LogP contribution in [0, 0.1) is 5.92 Å². The van der Waals surface area contributed by atoms with E-state index >= 15 is 0 Å². The molecule has 0 aliphatic rings. The quantitative estimate of drug-likeness (QED) is 0.208. The molecule has 0 aromatic heterocycles. The van der Waals surface area contributed by atoms with Crippen molar-refractivity contribution in [2.75, 3.05) is 13.2 Å². The molecule has 0 aromatic rings. The van der Waals surface area contributed by atoms with Crippen molar-refractivity contribution < 1.29 is 18.8 Å². The van der Waals surface area contributed by atoms with Crippen LogP contribution in [0.5, 0.6) is 0 Å². The molecule has 2 unspecified atom stereocenters. The Morgan fingerprint density at radius 3 is 2.71 bits per heavy atom. The zero-order valence-electron chi connectivity index (χ0n) is 10.5. The van der Waals surface area contributed by atoms with Gasteiger partial charge in [0.15, 0.2) is 5.84 Å².